The van der Waals surface area contributed by atoms with Gasteiger partial charge in [0.25, 0.3) is 0 Å². The fraction of sp³-hybridized carbons (Fsp3) is 0.417. The average Bonchev–Trinajstić information content (AvgIpc) is 2.77. The maximum Gasteiger partial charge on any atom is 0.307 e. The summed E-state index contributed by atoms with van der Waals surface area (Å²) in [7, 11) is 0. The van der Waals surface area contributed by atoms with Crippen molar-refractivity contribution in [2.24, 2.45) is 17.8 Å². The number of carbonyl (C=O) groups is 1. The molecule has 1 heterocycles. The van der Waals surface area contributed by atoms with E-state index in [1.165, 1.54) is 0 Å². The molecule has 2 N–H and O–H groups in total. The summed E-state index contributed by atoms with van der Waals surface area (Å²) in [6.45, 7) is 1.65. The number of rotatable bonds is 2. The van der Waals surface area contributed by atoms with Gasteiger partial charge in [-0.2, -0.15) is 0 Å². The second kappa shape index (κ2) is 3.14. The third-order valence-corrected chi connectivity index (χ3v) is 3.69. The van der Waals surface area contributed by atoms with Crippen LogP contribution in [0.2, 0.25) is 0 Å². The van der Waals surface area contributed by atoms with Crippen molar-refractivity contribution < 1.29 is 15.0 Å². The lowest BCUT2D eigenvalue weighted by Crippen LogP contribution is -2.25. The molecule has 0 spiro atoms. The Morgan fingerprint density at radius 2 is 1.75 bits per heavy atom. The third-order valence-electron chi connectivity index (χ3n) is 3.69. The molecule has 4 heteroatoms. The molecule has 1 saturated carbocycles. The monoisotopic (exact) mass is 219 g/mol. The molecule has 1 aliphatic carbocycles. The first kappa shape index (κ1) is 9.51. The number of aliphatic carboxylic acids is 1. The predicted molar refractivity (Wildman–Crippen MR) is 58.4 cm³/mol. The Labute approximate surface area is 93.1 Å². The van der Waals surface area contributed by atoms with Gasteiger partial charge in [0, 0.05) is 18.8 Å². The Morgan fingerprint density at radius 3 is 2.25 bits per heavy atom. The first-order chi connectivity index (χ1) is 7.66. The Kier molecular flexibility index (Phi) is 1.87. The standard InChI is InChI=1S/C12H13NO3/c14-8-3-1-7(2-4-8)13-5-9-10(6-13)11(9)12(15)16/h1-4,9-11,14H,5-6H2,(H,15,16). The van der Waals surface area contributed by atoms with E-state index < -0.39 is 5.97 Å². The van der Waals surface area contributed by atoms with Crippen molar-refractivity contribution >= 4 is 11.7 Å². The maximum absolute atomic E-state index is 10.8. The fourth-order valence-electron chi connectivity index (χ4n) is 2.77. The largest absolute Gasteiger partial charge is 0.508 e. The molecular formula is C12H13NO3. The fourth-order valence-corrected chi connectivity index (χ4v) is 2.77. The number of carboxylic acids is 1. The molecule has 2 fully saturated rings. The molecule has 1 aromatic rings. The van der Waals surface area contributed by atoms with Crippen LogP contribution in [0.15, 0.2) is 24.3 Å². The van der Waals surface area contributed by atoms with Crippen LogP contribution in [0.25, 0.3) is 0 Å². The smallest absolute Gasteiger partial charge is 0.307 e. The van der Waals surface area contributed by atoms with Gasteiger partial charge in [0.15, 0.2) is 0 Å². The van der Waals surface area contributed by atoms with E-state index in [1.807, 2.05) is 12.1 Å². The summed E-state index contributed by atoms with van der Waals surface area (Å²) in [5.74, 6) is 0.142. The van der Waals surface area contributed by atoms with Gasteiger partial charge in [0.2, 0.25) is 0 Å². The highest BCUT2D eigenvalue weighted by Gasteiger charge is 2.59. The van der Waals surface area contributed by atoms with Gasteiger partial charge in [-0.1, -0.05) is 0 Å². The second-order valence-electron chi connectivity index (χ2n) is 4.61. The van der Waals surface area contributed by atoms with Gasteiger partial charge in [-0.25, -0.2) is 0 Å². The third kappa shape index (κ3) is 1.33. The molecule has 0 radical (unpaired) electrons. The topological polar surface area (TPSA) is 60.8 Å². The number of fused-ring (bicyclic) bond motifs is 1. The number of phenolic OH excluding ortho intramolecular Hbond substituents is 1. The van der Waals surface area contributed by atoms with Gasteiger partial charge in [-0.05, 0) is 36.1 Å². The summed E-state index contributed by atoms with van der Waals surface area (Å²) in [6, 6.07) is 7.06. The SMILES string of the molecule is O=C(O)C1C2CN(c3ccc(O)cc3)CC21. The highest BCUT2D eigenvalue weighted by Crippen LogP contribution is 2.52. The van der Waals surface area contributed by atoms with E-state index in [1.54, 1.807) is 12.1 Å². The molecule has 1 aliphatic heterocycles. The minimum absolute atomic E-state index is 0.117. The average molecular weight is 219 g/mol. The van der Waals surface area contributed by atoms with E-state index in [-0.39, 0.29) is 11.7 Å². The molecule has 2 aliphatic rings. The van der Waals surface area contributed by atoms with Crippen LogP contribution in [0.3, 0.4) is 0 Å². The summed E-state index contributed by atoms with van der Waals surface area (Å²) in [5.41, 5.74) is 1.06. The lowest BCUT2D eigenvalue weighted by molar-refractivity contribution is -0.139. The summed E-state index contributed by atoms with van der Waals surface area (Å²) >= 11 is 0. The zero-order valence-corrected chi connectivity index (χ0v) is 8.71. The summed E-state index contributed by atoms with van der Waals surface area (Å²) < 4.78 is 0. The van der Waals surface area contributed by atoms with Gasteiger partial charge >= 0.3 is 5.97 Å². The molecule has 16 heavy (non-hydrogen) atoms. The minimum Gasteiger partial charge on any atom is -0.508 e. The maximum atomic E-state index is 10.8. The first-order valence-electron chi connectivity index (χ1n) is 5.43. The van der Waals surface area contributed by atoms with Gasteiger partial charge in [0.1, 0.15) is 5.75 Å². The van der Waals surface area contributed by atoms with Crippen LogP contribution in [0.1, 0.15) is 0 Å². The minimum atomic E-state index is -0.652. The quantitative estimate of drug-likeness (QED) is 0.783. The normalized spacial score (nSPS) is 31.2. The van der Waals surface area contributed by atoms with Crippen molar-refractivity contribution in [1.29, 1.82) is 0 Å². The number of carboxylic acid groups (broad SMARTS) is 1. The van der Waals surface area contributed by atoms with Crippen molar-refractivity contribution in [2.75, 3.05) is 18.0 Å². The van der Waals surface area contributed by atoms with Crippen LogP contribution in [0, 0.1) is 17.8 Å². The number of nitrogens with zero attached hydrogens (tertiary/aromatic N) is 1. The molecule has 0 bridgehead atoms. The van der Waals surface area contributed by atoms with E-state index in [0.717, 1.165) is 18.8 Å². The predicted octanol–water partition coefficient (Wildman–Crippen LogP) is 1.16. The van der Waals surface area contributed by atoms with Crippen LogP contribution < -0.4 is 4.90 Å². The van der Waals surface area contributed by atoms with Gasteiger partial charge < -0.3 is 15.1 Å². The second-order valence-corrected chi connectivity index (χ2v) is 4.61. The summed E-state index contributed by atoms with van der Waals surface area (Å²) in [5, 5.41) is 18.1. The van der Waals surface area contributed by atoms with E-state index in [0.29, 0.717) is 11.8 Å². The van der Waals surface area contributed by atoms with Gasteiger partial charge in [0.05, 0.1) is 5.92 Å². The first-order valence-corrected chi connectivity index (χ1v) is 5.43. The molecule has 84 valence electrons. The molecule has 1 saturated heterocycles. The Morgan fingerprint density at radius 1 is 1.19 bits per heavy atom. The molecule has 1 aromatic carbocycles. The molecular weight excluding hydrogens is 206 g/mol. The molecule has 4 nitrogen and oxygen atoms in total. The Hall–Kier alpha value is -1.71. The molecule has 0 amide bonds. The van der Waals surface area contributed by atoms with Crippen molar-refractivity contribution in [3.05, 3.63) is 24.3 Å². The number of aromatic hydroxyl groups is 1. The van der Waals surface area contributed by atoms with Crippen LogP contribution in [-0.4, -0.2) is 29.3 Å². The zero-order valence-electron chi connectivity index (χ0n) is 8.71. The van der Waals surface area contributed by atoms with Gasteiger partial charge in [-0.15, -0.1) is 0 Å². The van der Waals surface area contributed by atoms with E-state index in [9.17, 15) is 9.90 Å². The molecule has 2 atom stereocenters. The number of phenols is 1. The lowest BCUT2D eigenvalue weighted by atomic mass is 10.2. The van der Waals surface area contributed by atoms with Crippen LogP contribution >= 0.6 is 0 Å². The van der Waals surface area contributed by atoms with Crippen LogP contribution in [0.5, 0.6) is 5.75 Å². The zero-order chi connectivity index (χ0) is 11.3. The summed E-state index contributed by atoms with van der Waals surface area (Å²) in [6.07, 6.45) is 0. The van der Waals surface area contributed by atoms with Crippen LogP contribution in [-0.2, 0) is 4.79 Å². The molecule has 2 unspecified atom stereocenters. The molecule has 0 aromatic heterocycles. The van der Waals surface area contributed by atoms with Crippen molar-refractivity contribution in [3.63, 3.8) is 0 Å². The van der Waals surface area contributed by atoms with Crippen molar-refractivity contribution in [2.45, 2.75) is 0 Å². The molecule has 3 rings (SSSR count). The number of benzene rings is 1. The van der Waals surface area contributed by atoms with Crippen molar-refractivity contribution in [1.82, 2.24) is 0 Å². The van der Waals surface area contributed by atoms with Crippen molar-refractivity contribution in [3.8, 4) is 5.75 Å². The lowest BCUT2D eigenvalue weighted by Gasteiger charge is -2.21. The summed E-state index contributed by atoms with van der Waals surface area (Å²) in [4.78, 5) is 13.0. The number of hydrogen-bond donors (Lipinski definition) is 2. The number of anilines is 1. The van der Waals surface area contributed by atoms with E-state index in [2.05, 4.69) is 4.90 Å². The highest BCUT2D eigenvalue weighted by atomic mass is 16.4. The highest BCUT2D eigenvalue weighted by molar-refractivity contribution is 5.75. The number of hydrogen-bond acceptors (Lipinski definition) is 3. The van der Waals surface area contributed by atoms with Crippen LogP contribution in [0.4, 0.5) is 5.69 Å². The van der Waals surface area contributed by atoms with E-state index >= 15 is 0 Å². The number of piperidine rings is 1. The Bertz CT molecular complexity index is 416. The Balaban J connectivity index is 1.69. The van der Waals surface area contributed by atoms with Gasteiger partial charge in [-0.3, -0.25) is 4.79 Å². The van der Waals surface area contributed by atoms with E-state index in [4.69, 9.17) is 5.11 Å².